The van der Waals surface area contributed by atoms with Gasteiger partial charge >= 0.3 is 6.18 Å². The molecule has 0 radical (unpaired) electrons. The van der Waals surface area contributed by atoms with E-state index in [1.54, 1.807) is 6.92 Å². The summed E-state index contributed by atoms with van der Waals surface area (Å²) < 4.78 is 41.4. The van der Waals surface area contributed by atoms with E-state index in [4.69, 9.17) is 4.74 Å². The maximum Gasteiger partial charge on any atom is 0.455 e. The van der Waals surface area contributed by atoms with Crippen LogP contribution in [0.3, 0.4) is 0 Å². The molecule has 0 N–H and O–H groups in total. The lowest BCUT2D eigenvalue weighted by Gasteiger charge is -2.10. The van der Waals surface area contributed by atoms with Crippen LogP contribution in [0.2, 0.25) is 0 Å². The van der Waals surface area contributed by atoms with Gasteiger partial charge in [-0.2, -0.15) is 13.2 Å². The molecular weight excluding hydrogens is 209 g/mol. The molecule has 0 atom stereocenters. The van der Waals surface area contributed by atoms with Gasteiger partial charge < -0.3 is 4.74 Å². The largest absolute Gasteiger partial charge is 0.493 e. The van der Waals surface area contributed by atoms with Gasteiger partial charge in [0, 0.05) is 0 Å². The third-order valence-electron chi connectivity index (χ3n) is 1.69. The molecule has 0 aliphatic rings. The number of benzene rings is 1. The summed E-state index contributed by atoms with van der Waals surface area (Å²) in [6.07, 6.45) is -4.87. The molecule has 1 aromatic carbocycles. The SMILES string of the molecule is CCOc1ccccc1C(=O)C(F)(F)F. The third kappa shape index (κ3) is 2.71. The molecule has 0 heterocycles. The fraction of sp³-hybridized carbons (Fsp3) is 0.300. The summed E-state index contributed by atoms with van der Waals surface area (Å²) in [7, 11) is 0. The number of hydrogen-bond acceptors (Lipinski definition) is 2. The molecule has 5 heteroatoms. The van der Waals surface area contributed by atoms with Gasteiger partial charge in [0.05, 0.1) is 12.2 Å². The molecule has 0 aliphatic heterocycles. The minimum Gasteiger partial charge on any atom is -0.493 e. The fourth-order valence-corrected chi connectivity index (χ4v) is 1.09. The van der Waals surface area contributed by atoms with Crippen molar-refractivity contribution in [2.45, 2.75) is 13.1 Å². The van der Waals surface area contributed by atoms with E-state index in [2.05, 4.69) is 0 Å². The van der Waals surface area contributed by atoms with Gasteiger partial charge in [-0.3, -0.25) is 4.79 Å². The van der Waals surface area contributed by atoms with Crippen LogP contribution in [-0.4, -0.2) is 18.6 Å². The van der Waals surface area contributed by atoms with E-state index in [9.17, 15) is 18.0 Å². The van der Waals surface area contributed by atoms with Gasteiger partial charge in [0.1, 0.15) is 5.75 Å². The first-order chi connectivity index (χ1) is 6.96. The average molecular weight is 218 g/mol. The molecule has 15 heavy (non-hydrogen) atoms. The highest BCUT2D eigenvalue weighted by atomic mass is 19.4. The lowest BCUT2D eigenvalue weighted by Crippen LogP contribution is -2.23. The van der Waals surface area contributed by atoms with E-state index in [1.165, 1.54) is 18.2 Å². The van der Waals surface area contributed by atoms with E-state index >= 15 is 0 Å². The van der Waals surface area contributed by atoms with Crippen molar-refractivity contribution in [1.29, 1.82) is 0 Å². The first kappa shape index (κ1) is 11.6. The summed E-state index contributed by atoms with van der Waals surface area (Å²) in [6, 6.07) is 5.31. The Bertz CT molecular complexity index is 358. The Morgan fingerprint density at radius 3 is 2.47 bits per heavy atom. The van der Waals surface area contributed by atoms with Gasteiger partial charge in [0.15, 0.2) is 0 Å². The van der Waals surface area contributed by atoms with Crippen LogP contribution in [0.4, 0.5) is 13.2 Å². The Hall–Kier alpha value is -1.52. The summed E-state index contributed by atoms with van der Waals surface area (Å²) in [5.41, 5.74) is -0.452. The molecule has 2 nitrogen and oxygen atoms in total. The maximum atomic E-state index is 12.2. The molecule has 0 unspecified atom stereocenters. The number of carbonyl (C=O) groups excluding carboxylic acids is 1. The van der Waals surface area contributed by atoms with Gasteiger partial charge in [-0.05, 0) is 19.1 Å². The van der Waals surface area contributed by atoms with Crippen LogP contribution in [0, 0.1) is 0 Å². The number of ketones is 1. The second kappa shape index (κ2) is 4.33. The lowest BCUT2D eigenvalue weighted by atomic mass is 10.1. The minimum absolute atomic E-state index is 0.0395. The van der Waals surface area contributed by atoms with Crippen LogP contribution in [0.25, 0.3) is 0 Å². The Labute approximate surface area is 84.7 Å². The smallest absolute Gasteiger partial charge is 0.455 e. The molecule has 0 aliphatic carbocycles. The number of Topliss-reactive ketones (excluding diaryl/α,β-unsaturated/α-hetero) is 1. The van der Waals surface area contributed by atoms with E-state index in [0.717, 1.165) is 6.07 Å². The van der Waals surface area contributed by atoms with E-state index in [1.807, 2.05) is 0 Å². The van der Waals surface area contributed by atoms with Crippen LogP contribution < -0.4 is 4.74 Å². The van der Waals surface area contributed by atoms with Crippen LogP contribution >= 0.6 is 0 Å². The van der Waals surface area contributed by atoms with Crippen LogP contribution in [0.15, 0.2) is 24.3 Å². The number of hydrogen-bond donors (Lipinski definition) is 0. The predicted octanol–water partition coefficient (Wildman–Crippen LogP) is 2.83. The van der Waals surface area contributed by atoms with Crippen molar-refractivity contribution in [3.63, 3.8) is 0 Å². The highest BCUT2D eigenvalue weighted by molar-refractivity contribution is 6.02. The Morgan fingerprint density at radius 2 is 1.93 bits per heavy atom. The van der Waals surface area contributed by atoms with E-state index in [-0.39, 0.29) is 12.4 Å². The third-order valence-corrected chi connectivity index (χ3v) is 1.69. The van der Waals surface area contributed by atoms with Crippen LogP contribution in [-0.2, 0) is 0 Å². The number of carbonyl (C=O) groups is 1. The zero-order chi connectivity index (χ0) is 11.5. The number of rotatable bonds is 3. The summed E-state index contributed by atoms with van der Waals surface area (Å²) >= 11 is 0. The molecular formula is C10H9F3O2. The quantitative estimate of drug-likeness (QED) is 0.729. The molecule has 0 fully saturated rings. The molecule has 82 valence electrons. The van der Waals surface area contributed by atoms with Crippen molar-refractivity contribution in [3.8, 4) is 5.75 Å². The molecule has 0 spiro atoms. The van der Waals surface area contributed by atoms with Gasteiger partial charge in [-0.1, -0.05) is 12.1 Å². The fourth-order valence-electron chi connectivity index (χ4n) is 1.09. The normalized spacial score (nSPS) is 11.2. The highest BCUT2D eigenvalue weighted by Crippen LogP contribution is 2.27. The van der Waals surface area contributed by atoms with Gasteiger partial charge in [0.2, 0.25) is 0 Å². The molecule has 0 saturated heterocycles. The minimum atomic E-state index is -4.87. The van der Waals surface area contributed by atoms with Gasteiger partial charge in [0.25, 0.3) is 5.78 Å². The maximum absolute atomic E-state index is 12.2. The van der Waals surface area contributed by atoms with Crippen molar-refractivity contribution < 1.29 is 22.7 Å². The molecule has 1 aromatic rings. The average Bonchev–Trinajstić information content (AvgIpc) is 2.17. The van der Waals surface area contributed by atoms with Crippen LogP contribution in [0.1, 0.15) is 17.3 Å². The molecule has 1 rings (SSSR count). The topological polar surface area (TPSA) is 26.3 Å². The lowest BCUT2D eigenvalue weighted by molar-refractivity contribution is -0.0886. The van der Waals surface area contributed by atoms with Gasteiger partial charge in [-0.15, -0.1) is 0 Å². The monoisotopic (exact) mass is 218 g/mol. The standard InChI is InChI=1S/C10H9F3O2/c1-2-15-8-6-4-3-5-7(8)9(14)10(11,12)13/h3-6H,2H2,1H3. The second-order valence-electron chi connectivity index (χ2n) is 2.76. The second-order valence-corrected chi connectivity index (χ2v) is 2.76. The summed E-state index contributed by atoms with van der Waals surface area (Å²) in [5, 5.41) is 0. The first-order valence-corrected chi connectivity index (χ1v) is 4.30. The van der Waals surface area contributed by atoms with E-state index < -0.39 is 17.5 Å². The molecule has 0 aromatic heterocycles. The number of halogens is 3. The van der Waals surface area contributed by atoms with Crippen molar-refractivity contribution in [1.82, 2.24) is 0 Å². The van der Waals surface area contributed by atoms with Crippen LogP contribution in [0.5, 0.6) is 5.75 Å². The van der Waals surface area contributed by atoms with E-state index in [0.29, 0.717) is 0 Å². The Balaban J connectivity index is 3.08. The summed E-state index contributed by atoms with van der Waals surface area (Å²) in [4.78, 5) is 11.0. The zero-order valence-corrected chi connectivity index (χ0v) is 7.97. The van der Waals surface area contributed by atoms with Crippen molar-refractivity contribution in [3.05, 3.63) is 29.8 Å². The van der Waals surface area contributed by atoms with Crippen molar-refractivity contribution >= 4 is 5.78 Å². The zero-order valence-electron chi connectivity index (χ0n) is 7.97. The molecule has 0 saturated carbocycles. The number of para-hydroxylation sites is 1. The first-order valence-electron chi connectivity index (χ1n) is 4.30. The predicted molar refractivity (Wildman–Crippen MR) is 48.0 cm³/mol. The number of ether oxygens (including phenoxy) is 1. The van der Waals surface area contributed by atoms with Gasteiger partial charge in [-0.25, -0.2) is 0 Å². The molecule has 0 bridgehead atoms. The van der Waals surface area contributed by atoms with Crippen molar-refractivity contribution in [2.24, 2.45) is 0 Å². The Morgan fingerprint density at radius 1 is 1.33 bits per heavy atom. The van der Waals surface area contributed by atoms with Crippen molar-refractivity contribution in [2.75, 3.05) is 6.61 Å². The summed E-state index contributed by atoms with van der Waals surface area (Å²) in [6.45, 7) is 1.84. The summed E-state index contributed by atoms with van der Waals surface area (Å²) in [5.74, 6) is -1.92. The molecule has 0 amide bonds. The highest BCUT2D eigenvalue weighted by Gasteiger charge is 2.40. The number of alkyl halides is 3. The Kier molecular flexibility index (Phi) is 3.34.